The van der Waals surface area contributed by atoms with Gasteiger partial charge in [0.2, 0.25) is 0 Å². The molecule has 1 saturated heterocycles. The van der Waals surface area contributed by atoms with Crippen LogP contribution in [0.3, 0.4) is 0 Å². The Labute approximate surface area is 164 Å². The van der Waals surface area contributed by atoms with Crippen LogP contribution in [0.2, 0.25) is 0 Å². The molecule has 1 aliphatic rings. The van der Waals surface area contributed by atoms with Crippen molar-refractivity contribution in [1.82, 2.24) is 15.0 Å². The number of rotatable bonds is 6. The highest BCUT2D eigenvalue weighted by Gasteiger charge is 2.29. The van der Waals surface area contributed by atoms with Crippen LogP contribution in [0.25, 0.3) is 11.3 Å². The van der Waals surface area contributed by atoms with Gasteiger partial charge in [0.25, 0.3) is 0 Å². The van der Waals surface area contributed by atoms with Gasteiger partial charge in [-0.05, 0) is 30.5 Å². The summed E-state index contributed by atoms with van der Waals surface area (Å²) in [4.78, 5) is 0. The Morgan fingerprint density at radius 3 is 2.64 bits per heavy atom. The maximum atomic E-state index is 10.3. The summed E-state index contributed by atoms with van der Waals surface area (Å²) in [7, 11) is 1.65. The standard InChI is InChI=1S/C22H25N3O3/c1-27-19-9-7-17(8-10-19)22-14-18(26)13-20(28-22)11-12-25-15-21(23-24-25)16-5-3-2-4-6-16/h2-10,15,18,20,22,26H,11-14H2,1H3/t18-,20+,22+/m0/s1. The highest BCUT2D eigenvalue weighted by atomic mass is 16.5. The summed E-state index contributed by atoms with van der Waals surface area (Å²) in [6.07, 6.45) is 3.52. The van der Waals surface area contributed by atoms with Crippen molar-refractivity contribution >= 4 is 0 Å². The SMILES string of the molecule is COc1ccc([C@H]2C[C@@H](O)C[C@@H](CCn3cc(-c4ccccc4)nn3)O2)cc1. The van der Waals surface area contributed by atoms with E-state index in [1.54, 1.807) is 7.11 Å². The van der Waals surface area contributed by atoms with E-state index in [1.165, 1.54) is 0 Å². The fraction of sp³-hybridized carbons (Fsp3) is 0.364. The summed E-state index contributed by atoms with van der Waals surface area (Å²) < 4.78 is 13.3. The smallest absolute Gasteiger partial charge is 0.118 e. The first-order valence-electron chi connectivity index (χ1n) is 9.64. The molecule has 0 unspecified atom stereocenters. The third-order valence-electron chi connectivity index (χ3n) is 5.15. The van der Waals surface area contributed by atoms with Crippen molar-refractivity contribution in [2.45, 2.75) is 44.1 Å². The van der Waals surface area contributed by atoms with Crippen molar-refractivity contribution in [3.63, 3.8) is 0 Å². The third-order valence-corrected chi connectivity index (χ3v) is 5.15. The Morgan fingerprint density at radius 2 is 1.89 bits per heavy atom. The van der Waals surface area contributed by atoms with Gasteiger partial charge in [0.15, 0.2) is 0 Å². The van der Waals surface area contributed by atoms with E-state index >= 15 is 0 Å². The predicted molar refractivity (Wildman–Crippen MR) is 106 cm³/mol. The van der Waals surface area contributed by atoms with Crippen LogP contribution in [0.4, 0.5) is 0 Å². The second-order valence-electron chi connectivity index (χ2n) is 7.17. The highest BCUT2D eigenvalue weighted by molar-refractivity contribution is 5.57. The molecule has 0 radical (unpaired) electrons. The van der Waals surface area contributed by atoms with Gasteiger partial charge in [-0.2, -0.15) is 0 Å². The van der Waals surface area contributed by atoms with E-state index in [0.717, 1.165) is 29.0 Å². The summed E-state index contributed by atoms with van der Waals surface area (Å²) in [6, 6.07) is 17.9. The van der Waals surface area contributed by atoms with Gasteiger partial charge in [-0.1, -0.05) is 47.7 Å². The largest absolute Gasteiger partial charge is 0.497 e. The molecule has 1 aromatic heterocycles. The first-order chi connectivity index (χ1) is 13.7. The molecule has 6 heteroatoms. The second kappa shape index (κ2) is 8.54. The molecule has 3 atom stereocenters. The summed E-state index contributed by atoms with van der Waals surface area (Å²) in [5.41, 5.74) is 2.98. The first-order valence-corrected chi connectivity index (χ1v) is 9.64. The summed E-state index contributed by atoms with van der Waals surface area (Å²) >= 11 is 0. The van der Waals surface area contributed by atoms with Crippen LogP contribution in [0.1, 0.15) is 30.9 Å². The molecular formula is C22H25N3O3. The molecule has 1 fully saturated rings. The van der Waals surface area contributed by atoms with Gasteiger partial charge in [0.05, 0.1) is 31.6 Å². The number of ether oxygens (including phenoxy) is 2. The van der Waals surface area contributed by atoms with Gasteiger partial charge in [0.1, 0.15) is 11.4 Å². The Bertz CT molecular complexity index is 880. The Balaban J connectivity index is 1.37. The molecule has 28 heavy (non-hydrogen) atoms. The first kappa shape index (κ1) is 18.7. The van der Waals surface area contributed by atoms with Crippen molar-refractivity contribution in [2.75, 3.05) is 7.11 Å². The van der Waals surface area contributed by atoms with E-state index in [1.807, 2.05) is 65.5 Å². The molecule has 0 saturated carbocycles. The van der Waals surface area contributed by atoms with Crippen LogP contribution >= 0.6 is 0 Å². The van der Waals surface area contributed by atoms with Crippen molar-refractivity contribution in [2.24, 2.45) is 0 Å². The molecule has 146 valence electrons. The van der Waals surface area contributed by atoms with Gasteiger partial charge < -0.3 is 14.6 Å². The second-order valence-corrected chi connectivity index (χ2v) is 7.17. The van der Waals surface area contributed by atoms with E-state index in [0.29, 0.717) is 19.4 Å². The quantitative estimate of drug-likeness (QED) is 0.708. The molecule has 4 rings (SSSR count). The number of hydrogen-bond donors (Lipinski definition) is 1. The minimum Gasteiger partial charge on any atom is -0.497 e. The molecule has 3 aromatic rings. The maximum Gasteiger partial charge on any atom is 0.118 e. The van der Waals surface area contributed by atoms with E-state index < -0.39 is 0 Å². The van der Waals surface area contributed by atoms with Crippen molar-refractivity contribution in [1.29, 1.82) is 0 Å². The zero-order valence-corrected chi connectivity index (χ0v) is 15.9. The Morgan fingerprint density at radius 1 is 1.11 bits per heavy atom. The molecule has 0 aliphatic carbocycles. The molecule has 6 nitrogen and oxygen atoms in total. The van der Waals surface area contributed by atoms with Gasteiger partial charge in [0, 0.05) is 18.5 Å². The van der Waals surface area contributed by atoms with Crippen LogP contribution in [-0.4, -0.2) is 39.4 Å². The molecule has 2 heterocycles. The van der Waals surface area contributed by atoms with E-state index in [-0.39, 0.29) is 18.3 Å². The normalized spacial score (nSPS) is 22.1. The minimum absolute atomic E-state index is 0.0137. The van der Waals surface area contributed by atoms with Crippen LogP contribution < -0.4 is 4.74 Å². The lowest BCUT2D eigenvalue weighted by atomic mass is 9.95. The zero-order chi connectivity index (χ0) is 19.3. The highest BCUT2D eigenvalue weighted by Crippen LogP contribution is 2.33. The van der Waals surface area contributed by atoms with Gasteiger partial charge in [-0.25, -0.2) is 0 Å². The number of methoxy groups -OCH3 is 1. The lowest BCUT2D eigenvalue weighted by molar-refractivity contribution is -0.101. The van der Waals surface area contributed by atoms with E-state index in [4.69, 9.17) is 9.47 Å². The van der Waals surface area contributed by atoms with Gasteiger partial charge >= 0.3 is 0 Å². The molecule has 0 amide bonds. The van der Waals surface area contributed by atoms with Crippen LogP contribution in [0, 0.1) is 0 Å². The Kier molecular flexibility index (Phi) is 5.69. The molecular weight excluding hydrogens is 354 g/mol. The number of benzene rings is 2. The fourth-order valence-corrected chi connectivity index (χ4v) is 3.63. The lowest BCUT2D eigenvalue weighted by Crippen LogP contribution is -2.32. The monoisotopic (exact) mass is 379 g/mol. The number of aliphatic hydroxyl groups is 1. The van der Waals surface area contributed by atoms with Crippen molar-refractivity contribution in [3.8, 4) is 17.0 Å². The van der Waals surface area contributed by atoms with Gasteiger partial charge in [-0.15, -0.1) is 5.10 Å². The number of aryl methyl sites for hydroxylation is 1. The topological polar surface area (TPSA) is 69.4 Å². The molecule has 1 N–H and O–H groups in total. The Hall–Kier alpha value is -2.70. The van der Waals surface area contributed by atoms with E-state index in [2.05, 4.69) is 10.3 Å². The number of aromatic nitrogens is 3. The number of aliphatic hydroxyl groups excluding tert-OH is 1. The van der Waals surface area contributed by atoms with Crippen molar-refractivity contribution in [3.05, 3.63) is 66.4 Å². The number of hydrogen-bond acceptors (Lipinski definition) is 5. The van der Waals surface area contributed by atoms with Crippen molar-refractivity contribution < 1.29 is 14.6 Å². The average molecular weight is 379 g/mol. The van der Waals surface area contributed by atoms with Gasteiger partial charge in [-0.3, -0.25) is 4.68 Å². The zero-order valence-electron chi connectivity index (χ0n) is 15.9. The van der Waals surface area contributed by atoms with Crippen LogP contribution in [0.5, 0.6) is 5.75 Å². The summed E-state index contributed by atoms with van der Waals surface area (Å²) in [5.74, 6) is 0.817. The molecule has 1 aliphatic heterocycles. The molecule has 2 aromatic carbocycles. The van der Waals surface area contributed by atoms with Crippen LogP contribution in [-0.2, 0) is 11.3 Å². The summed E-state index contributed by atoms with van der Waals surface area (Å²) in [6.45, 7) is 0.701. The third kappa shape index (κ3) is 4.40. The minimum atomic E-state index is -0.360. The predicted octanol–water partition coefficient (Wildman–Crippen LogP) is 3.63. The van der Waals surface area contributed by atoms with Crippen LogP contribution in [0.15, 0.2) is 60.8 Å². The average Bonchev–Trinajstić information content (AvgIpc) is 3.22. The molecule has 0 bridgehead atoms. The molecule has 0 spiro atoms. The lowest BCUT2D eigenvalue weighted by Gasteiger charge is -2.33. The number of nitrogens with zero attached hydrogens (tertiary/aromatic N) is 3. The summed E-state index contributed by atoms with van der Waals surface area (Å²) in [5, 5.41) is 18.8. The fourth-order valence-electron chi connectivity index (χ4n) is 3.63. The maximum absolute atomic E-state index is 10.3. The van der Waals surface area contributed by atoms with E-state index in [9.17, 15) is 5.11 Å².